The van der Waals surface area contributed by atoms with Crippen LogP contribution in [-0.4, -0.2) is 54.1 Å². The number of rotatable bonds is 9. The number of unbranched alkanes of at least 4 members (excludes halogenated alkanes) is 1. The van der Waals surface area contributed by atoms with Gasteiger partial charge >= 0.3 is 0 Å². The number of nitrogens with one attached hydrogen (secondary N) is 1. The van der Waals surface area contributed by atoms with Crippen molar-refractivity contribution in [1.82, 2.24) is 10.2 Å². The zero-order valence-electron chi connectivity index (χ0n) is 16.6. The van der Waals surface area contributed by atoms with E-state index in [0.717, 1.165) is 32.5 Å². The topological polar surface area (TPSA) is 65.4 Å². The van der Waals surface area contributed by atoms with E-state index in [9.17, 15) is 4.79 Å². The van der Waals surface area contributed by atoms with Crippen LogP contribution in [0.25, 0.3) is 0 Å². The third-order valence-electron chi connectivity index (χ3n) is 5.86. The van der Waals surface area contributed by atoms with Crippen molar-refractivity contribution >= 4 is 17.7 Å². The molecule has 0 aromatic heterocycles. The van der Waals surface area contributed by atoms with Gasteiger partial charge in [0.1, 0.15) is 5.75 Å². The molecule has 1 amide bonds. The van der Waals surface area contributed by atoms with Crippen LogP contribution < -0.4 is 10.1 Å². The molecule has 2 aliphatic rings. The Morgan fingerprint density at radius 3 is 2.79 bits per heavy atom. The number of carbonyl (C=O) groups is 1. The first-order valence-corrected chi connectivity index (χ1v) is 11.6. The van der Waals surface area contributed by atoms with Gasteiger partial charge in [0.05, 0.1) is 18.2 Å². The van der Waals surface area contributed by atoms with Crippen molar-refractivity contribution < 1.29 is 9.53 Å². The highest BCUT2D eigenvalue weighted by atomic mass is 32.2. The van der Waals surface area contributed by atoms with Crippen LogP contribution in [0.4, 0.5) is 0 Å². The summed E-state index contributed by atoms with van der Waals surface area (Å²) in [5.74, 6) is 3.30. The van der Waals surface area contributed by atoms with Gasteiger partial charge in [-0.2, -0.15) is 17.0 Å². The third kappa shape index (κ3) is 5.89. The van der Waals surface area contributed by atoms with Crippen LogP contribution in [0.1, 0.15) is 50.5 Å². The molecule has 0 spiro atoms. The Morgan fingerprint density at radius 2 is 2.04 bits per heavy atom. The first kappa shape index (κ1) is 21.0. The monoisotopic (exact) mass is 401 g/mol. The lowest BCUT2D eigenvalue weighted by atomic mass is 9.94. The number of nitrogens with zero attached hydrogens (tertiary/aromatic N) is 2. The molecule has 1 aromatic carbocycles. The van der Waals surface area contributed by atoms with E-state index in [4.69, 9.17) is 10.00 Å². The Kier molecular flexibility index (Phi) is 8.05. The Hall–Kier alpha value is -1.71. The molecule has 5 nitrogen and oxygen atoms in total. The Balaban J connectivity index is 1.34. The van der Waals surface area contributed by atoms with Crippen LogP contribution in [0.2, 0.25) is 0 Å². The molecule has 0 bridgehead atoms. The van der Waals surface area contributed by atoms with E-state index in [2.05, 4.69) is 16.3 Å². The summed E-state index contributed by atoms with van der Waals surface area (Å²) in [5, 5.41) is 12.1. The SMILES string of the molecule is N#Cc1cccc(OCCCCC(=O)NCC2(N3CCSCC3)CCCC2)c1. The zero-order valence-corrected chi connectivity index (χ0v) is 17.4. The van der Waals surface area contributed by atoms with E-state index < -0.39 is 0 Å². The molecule has 2 fully saturated rings. The smallest absolute Gasteiger partial charge is 0.220 e. The largest absolute Gasteiger partial charge is 0.494 e. The Labute approximate surface area is 172 Å². The highest BCUT2D eigenvalue weighted by molar-refractivity contribution is 7.99. The highest BCUT2D eigenvalue weighted by Gasteiger charge is 2.40. The fourth-order valence-corrected chi connectivity index (χ4v) is 5.16. The molecule has 0 atom stereocenters. The number of nitriles is 1. The normalized spacial score (nSPS) is 19.1. The lowest BCUT2D eigenvalue weighted by Gasteiger charge is -2.43. The average molecular weight is 402 g/mol. The molecular formula is C22H31N3O2S. The predicted octanol–water partition coefficient (Wildman–Crippen LogP) is 3.59. The fourth-order valence-electron chi connectivity index (χ4n) is 4.26. The van der Waals surface area contributed by atoms with Gasteiger partial charge in [-0.1, -0.05) is 18.9 Å². The molecule has 1 aromatic rings. The third-order valence-corrected chi connectivity index (χ3v) is 6.80. The fraction of sp³-hybridized carbons (Fsp3) is 0.636. The van der Waals surface area contributed by atoms with Gasteiger partial charge in [0.25, 0.3) is 0 Å². The molecule has 1 aliphatic heterocycles. The number of amides is 1. The molecule has 1 aliphatic carbocycles. The standard InChI is InChI=1S/C22H31N3O2S/c23-17-19-6-5-7-20(16-19)27-13-4-1-8-21(26)24-18-22(9-2-3-10-22)25-11-14-28-15-12-25/h5-7,16H,1-4,8-15,18H2,(H,24,26). The van der Waals surface area contributed by atoms with E-state index >= 15 is 0 Å². The quantitative estimate of drug-likeness (QED) is 0.641. The molecule has 1 saturated carbocycles. The minimum atomic E-state index is 0.157. The van der Waals surface area contributed by atoms with Crippen LogP contribution >= 0.6 is 11.8 Å². The highest BCUT2D eigenvalue weighted by Crippen LogP contribution is 2.36. The van der Waals surface area contributed by atoms with Gasteiger partial charge in [-0.25, -0.2) is 0 Å². The number of carbonyl (C=O) groups excluding carboxylic acids is 1. The van der Waals surface area contributed by atoms with Crippen LogP contribution in [0.15, 0.2) is 24.3 Å². The predicted molar refractivity (Wildman–Crippen MR) is 114 cm³/mol. The zero-order chi connectivity index (χ0) is 19.7. The number of hydrogen-bond donors (Lipinski definition) is 1. The van der Waals surface area contributed by atoms with E-state index in [1.54, 1.807) is 12.1 Å². The molecule has 1 saturated heterocycles. The summed E-state index contributed by atoms with van der Waals surface area (Å²) in [6.07, 6.45) is 7.19. The van der Waals surface area contributed by atoms with Crippen molar-refractivity contribution in [3.8, 4) is 11.8 Å². The molecule has 1 N–H and O–H groups in total. The molecule has 0 radical (unpaired) electrons. The number of benzene rings is 1. The summed E-state index contributed by atoms with van der Waals surface area (Å²) in [5.41, 5.74) is 0.802. The molecule has 28 heavy (non-hydrogen) atoms. The lowest BCUT2D eigenvalue weighted by molar-refractivity contribution is -0.121. The van der Waals surface area contributed by atoms with Gasteiger partial charge in [0.2, 0.25) is 5.91 Å². The van der Waals surface area contributed by atoms with E-state index in [1.807, 2.05) is 23.9 Å². The minimum absolute atomic E-state index is 0.157. The van der Waals surface area contributed by atoms with Gasteiger partial charge < -0.3 is 10.1 Å². The van der Waals surface area contributed by atoms with E-state index in [-0.39, 0.29) is 11.4 Å². The van der Waals surface area contributed by atoms with Crippen LogP contribution in [0.3, 0.4) is 0 Å². The van der Waals surface area contributed by atoms with Gasteiger partial charge in [0, 0.05) is 43.1 Å². The molecule has 3 rings (SSSR count). The van der Waals surface area contributed by atoms with Gasteiger partial charge in [-0.15, -0.1) is 0 Å². The number of thioether (sulfide) groups is 1. The maximum absolute atomic E-state index is 12.3. The molecular weight excluding hydrogens is 370 g/mol. The second-order valence-electron chi connectivity index (χ2n) is 7.75. The minimum Gasteiger partial charge on any atom is -0.494 e. The summed E-state index contributed by atoms with van der Waals surface area (Å²) >= 11 is 2.04. The summed E-state index contributed by atoms with van der Waals surface area (Å²) in [7, 11) is 0. The van der Waals surface area contributed by atoms with Crippen molar-refractivity contribution in [2.24, 2.45) is 0 Å². The lowest BCUT2D eigenvalue weighted by Crippen LogP contribution is -2.56. The first-order valence-electron chi connectivity index (χ1n) is 10.4. The second-order valence-corrected chi connectivity index (χ2v) is 8.98. The molecule has 1 heterocycles. The molecule has 0 unspecified atom stereocenters. The van der Waals surface area contributed by atoms with Gasteiger partial charge in [0.15, 0.2) is 0 Å². The van der Waals surface area contributed by atoms with E-state index in [1.165, 1.54) is 37.2 Å². The van der Waals surface area contributed by atoms with Crippen LogP contribution in [0, 0.1) is 11.3 Å². The second kappa shape index (κ2) is 10.7. The summed E-state index contributed by atoms with van der Waals surface area (Å²) in [6.45, 7) is 3.68. The van der Waals surface area contributed by atoms with Crippen molar-refractivity contribution in [3.63, 3.8) is 0 Å². The first-order chi connectivity index (χ1) is 13.7. The van der Waals surface area contributed by atoms with Crippen molar-refractivity contribution in [2.75, 3.05) is 37.7 Å². The van der Waals surface area contributed by atoms with Crippen LogP contribution in [0.5, 0.6) is 5.75 Å². The van der Waals surface area contributed by atoms with Crippen molar-refractivity contribution in [1.29, 1.82) is 5.26 Å². The molecule has 152 valence electrons. The summed E-state index contributed by atoms with van der Waals surface area (Å²) in [6, 6.07) is 9.29. The Bertz CT molecular complexity index is 677. The van der Waals surface area contributed by atoms with Crippen molar-refractivity contribution in [3.05, 3.63) is 29.8 Å². The maximum atomic E-state index is 12.3. The van der Waals surface area contributed by atoms with E-state index in [0.29, 0.717) is 24.3 Å². The average Bonchev–Trinajstić information content (AvgIpc) is 3.23. The number of ether oxygens (including phenoxy) is 1. The Morgan fingerprint density at radius 1 is 1.25 bits per heavy atom. The maximum Gasteiger partial charge on any atom is 0.220 e. The molecule has 6 heteroatoms. The van der Waals surface area contributed by atoms with Gasteiger partial charge in [-0.3, -0.25) is 9.69 Å². The van der Waals surface area contributed by atoms with Gasteiger partial charge in [-0.05, 0) is 43.9 Å². The van der Waals surface area contributed by atoms with Crippen molar-refractivity contribution in [2.45, 2.75) is 50.5 Å². The van der Waals surface area contributed by atoms with Crippen LogP contribution in [-0.2, 0) is 4.79 Å². The number of hydrogen-bond acceptors (Lipinski definition) is 5. The summed E-state index contributed by atoms with van der Waals surface area (Å²) < 4.78 is 5.68. The summed E-state index contributed by atoms with van der Waals surface area (Å²) in [4.78, 5) is 15.0.